The van der Waals surface area contributed by atoms with Gasteiger partial charge in [0, 0.05) is 29.9 Å². The van der Waals surface area contributed by atoms with Gasteiger partial charge in [-0.2, -0.15) is 4.98 Å². The Bertz CT molecular complexity index is 432. The Morgan fingerprint density at radius 2 is 2.33 bits per heavy atom. The second-order valence-corrected chi connectivity index (χ2v) is 3.88. The van der Waals surface area contributed by atoms with Crippen LogP contribution in [0.2, 0.25) is 0 Å². The van der Waals surface area contributed by atoms with Gasteiger partial charge in [-0.25, -0.2) is 4.98 Å². The fraction of sp³-hybridized carbons (Fsp3) is 0.636. The molecular formula is C11H17N3O. The van der Waals surface area contributed by atoms with Gasteiger partial charge in [0.2, 0.25) is 11.8 Å². The molecule has 15 heavy (non-hydrogen) atoms. The minimum Gasteiger partial charge on any atom is -0.474 e. The van der Waals surface area contributed by atoms with E-state index in [4.69, 9.17) is 8.85 Å². The van der Waals surface area contributed by atoms with Crippen LogP contribution in [0.4, 0.5) is 5.95 Å². The van der Waals surface area contributed by atoms with Gasteiger partial charge in [-0.15, -0.1) is 0 Å². The SMILES string of the molecule is [2H]C([2H])([2H])N(C)c1nc(C)cc(OC2CCC2)n1. The summed E-state index contributed by atoms with van der Waals surface area (Å²) in [7, 11) is 1.45. The van der Waals surface area contributed by atoms with E-state index >= 15 is 0 Å². The summed E-state index contributed by atoms with van der Waals surface area (Å²) in [5.41, 5.74) is 0.699. The molecule has 0 N–H and O–H groups in total. The fourth-order valence-electron chi connectivity index (χ4n) is 1.39. The summed E-state index contributed by atoms with van der Waals surface area (Å²) >= 11 is 0. The first-order chi connectivity index (χ1) is 8.36. The lowest BCUT2D eigenvalue weighted by Gasteiger charge is -2.26. The van der Waals surface area contributed by atoms with Crippen LogP contribution >= 0.6 is 0 Å². The van der Waals surface area contributed by atoms with Crippen LogP contribution in [0.15, 0.2) is 6.07 Å². The van der Waals surface area contributed by atoms with Crippen molar-refractivity contribution in [3.05, 3.63) is 11.8 Å². The van der Waals surface area contributed by atoms with Gasteiger partial charge in [-0.3, -0.25) is 0 Å². The monoisotopic (exact) mass is 210 g/mol. The lowest BCUT2D eigenvalue weighted by Crippen LogP contribution is -2.25. The second-order valence-electron chi connectivity index (χ2n) is 3.88. The van der Waals surface area contributed by atoms with Crippen molar-refractivity contribution in [3.8, 4) is 5.88 Å². The molecule has 0 aromatic carbocycles. The summed E-state index contributed by atoms with van der Waals surface area (Å²) in [5.74, 6) is 0.627. The Morgan fingerprint density at radius 1 is 1.53 bits per heavy atom. The number of hydrogen-bond donors (Lipinski definition) is 0. The van der Waals surface area contributed by atoms with Crippen LogP contribution in [-0.4, -0.2) is 30.1 Å². The molecule has 0 aliphatic heterocycles. The molecule has 1 aromatic heterocycles. The molecule has 4 nitrogen and oxygen atoms in total. The van der Waals surface area contributed by atoms with Crippen LogP contribution < -0.4 is 9.64 Å². The summed E-state index contributed by atoms with van der Waals surface area (Å²) in [4.78, 5) is 9.36. The third-order valence-corrected chi connectivity index (χ3v) is 2.46. The van der Waals surface area contributed by atoms with Gasteiger partial charge in [-0.05, 0) is 26.2 Å². The lowest BCUT2D eigenvalue weighted by atomic mass is 9.96. The van der Waals surface area contributed by atoms with Crippen LogP contribution in [0.25, 0.3) is 0 Å². The van der Waals surface area contributed by atoms with Crippen molar-refractivity contribution in [2.45, 2.75) is 32.3 Å². The maximum Gasteiger partial charge on any atom is 0.228 e. The Labute approximate surface area is 94.5 Å². The molecule has 82 valence electrons. The third-order valence-electron chi connectivity index (χ3n) is 2.46. The highest BCUT2D eigenvalue weighted by atomic mass is 16.5. The summed E-state index contributed by atoms with van der Waals surface area (Å²) in [5, 5.41) is 0. The molecule has 1 fully saturated rings. The number of anilines is 1. The molecule has 0 saturated heterocycles. The summed E-state index contributed by atoms with van der Waals surface area (Å²) in [6.45, 7) is -0.451. The van der Waals surface area contributed by atoms with Crippen molar-refractivity contribution in [2.24, 2.45) is 0 Å². The maximum atomic E-state index is 7.34. The largest absolute Gasteiger partial charge is 0.474 e. The van der Waals surface area contributed by atoms with E-state index in [1.165, 1.54) is 13.5 Å². The number of ether oxygens (including phenoxy) is 1. The molecule has 0 atom stereocenters. The van der Waals surface area contributed by atoms with Crippen LogP contribution in [0.5, 0.6) is 5.88 Å². The Kier molecular flexibility index (Phi) is 1.90. The van der Waals surface area contributed by atoms with Gasteiger partial charge in [0.25, 0.3) is 0 Å². The molecule has 0 bridgehead atoms. The Morgan fingerprint density at radius 3 is 2.93 bits per heavy atom. The van der Waals surface area contributed by atoms with E-state index in [0.29, 0.717) is 11.6 Å². The maximum absolute atomic E-state index is 7.34. The fourth-order valence-corrected chi connectivity index (χ4v) is 1.39. The molecule has 1 heterocycles. The topological polar surface area (TPSA) is 38.2 Å². The van der Waals surface area contributed by atoms with E-state index in [9.17, 15) is 0 Å². The van der Waals surface area contributed by atoms with Gasteiger partial charge in [-0.1, -0.05) is 0 Å². The first-order valence-corrected chi connectivity index (χ1v) is 5.12. The molecule has 2 rings (SSSR count). The molecule has 0 unspecified atom stereocenters. The summed E-state index contributed by atoms with van der Waals surface area (Å²) in [6, 6.07) is 1.73. The van der Waals surface area contributed by atoms with Crippen molar-refractivity contribution in [1.29, 1.82) is 0 Å². The van der Waals surface area contributed by atoms with Crippen LogP contribution in [0.1, 0.15) is 29.1 Å². The second kappa shape index (κ2) is 4.04. The van der Waals surface area contributed by atoms with Crippen LogP contribution in [-0.2, 0) is 0 Å². The van der Waals surface area contributed by atoms with E-state index in [-0.39, 0.29) is 12.1 Å². The molecule has 1 saturated carbocycles. The van der Waals surface area contributed by atoms with E-state index in [1.807, 2.05) is 0 Å². The van der Waals surface area contributed by atoms with Gasteiger partial charge >= 0.3 is 0 Å². The van der Waals surface area contributed by atoms with Gasteiger partial charge < -0.3 is 9.64 Å². The number of aryl methyl sites for hydroxylation is 1. The molecule has 0 radical (unpaired) electrons. The van der Waals surface area contributed by atoms with Crippen molar-refractivity contribution in [1.82, 2.24) is 9.97 Å². The van der Waals surface area contributed by atoms with E-state index in [1.54, 1.807) is 13.0 Å². The molecule has 0 amide bonds. The normalized spacial score (nSPS) is 19.7. The quantitative estimate of drug-likeness (QED) is 0.762. The number of nitrogens with zero attached hydrogens (tertiary/aromatic N) is 3. The first kappa shape index (κ1) is 7.04. The minimum absolute atomic E-state index is 0.171. The molecule has 0 spiro atoms. The predicted molar refractivity (Wildman–Crippen MR) is 59.4 cm³/mol. The zero-order valence-electron chi connectivity index (χ0n) is 12.0. The minimum atomic E-state index is -2.25. The van der Waals surface area contributed by atoms with Crippen LogP contribution in [0.3, 0.4) is 0 Å². The highest BCUT2D eigenvalue weighted by Crippen LogP contribution is 2.24. The molecular weight excluding hydrogens is 190 g/mol. The highest BCUT2D eigenvalue weighted by molar-refractivity contribution is 5.32. The highest BCUT2D eigenvalue weighted by Gasteiger charge is 2.20. The molecule has 1 aromatic rings. The smallest absolute Gasteiger partial charge is 0.228 e. The van der Waals surface area contributed by atoms with E-state index in [0.717, 1.165) is 17.7 Å². The van der Waals surface area contributed by atoms with Crippen molar-refractivity contribution in [3.63, 3.8) is 0 Å². The predicted octanol–water partition coefficient (Wildman–Crippen LogP) is 1.78. The average molecular weight is 210 g/mol. The number of hydrogen-bond acceptors (Lipinski definition) is 4. The van der Waals surface area contributed by atoms with Crippen molar-refractivity contribution in [2.75, 3.05) is 18.9 Å². The van der Waals surface area contributed by atoms with E-state index in [2.05, 4.69) is 9.97 Å². The van der Waals surface area contributed by atoms with Gasteiger partial charge in [0.05, 0.1) is 0 Å². The summed E-state index contributed by atoms with van der Waals surface area (Å²) in [6.07, 6.45) is 3.46. The number of aromatic nitrogens is 2. The third kappa shape index (κ3) is 2.37. The standard InChI is InChI=1S/C11H17N3O/c1-8-7-10(15-9-5-4-6-9)13-11(12-8)14(2)3/h7,9H,4-6H2,1-3H3/i2D3. The first-order valence-electron chi connectivity index (χ1n) is 6.62. The van der Waals surface area contributed by atoms with Crippen LogP contribution in [0, 0.1) is 6.92 Å². The zero-order chi connectivity index (χ0) is 13.3. The Hall–Kier alpha value is -1.32. The number of rotatable bonds is 3. The van der Waals surface area contributed by atoms with Gasteiger partial charge in [0.15, 0.2) is 0 Å². The Balaban J connectivity index is 2.20. The molecule has 1 aliphatic rings. The average Bonchev–Trinajstić information content (AvgIpc) is 2.20. The zero-order valence-corrected chi connectivity index (χ0v) is 9.03. The van der Waals surface area contributed by atoms with Crippen molar-refractivity contribution >= 4 is 5.95 Å². The molecule has 1 aliphatic carbocycles. The summed E-state index contributed by atoms with van der Waals surface area (Å²) < 4.78 is 27.7. The van der Waals surface area contributed by atoms with E-state index < -0.39 is 6.98 Å². The van der Waals surface area contributed by atoms with Gasteiger partial charge in [0.1, 0.15) is 6.10 Å². The lowest BCUT2D eigenvalue weighted by molar-refractivity contribution is 0.114. The molecule has 4 heteroatoms. The van der Waals surface area contributed by atoms with Crippen molar-refractivity contribution < 1.29 is 8.85 Å².